The van der Waals surface area contributed by atoms with Gasteiger partial charge in [-0.25, -0.2) is 45.1 Å². The summed E-state index contributed by atoms with van der Waals surface area (Å²) in [6.45, 7) is 0. The third kappa shape index (κ3) is 4.45. The van der Waals surface area contributed by atoms with Crippen LogP contribution in [0.1, 0.15) is 0 Å². The molecule has 3 aromatic heterocycles. The first-order valence-electron chi connectivity index (χ1n) is 13.7. The summed E-state index contributed by atoms with van der Waals surface area (Å²) in [6, 6.07) is 6.18. The second-order valence-corrected chi connectivity index (χ2v) is 10.7. The maximum Gasteiger partial charge on any atom is 2.00 e. The molecule has 0 unspecified atom stereocenters. The minimum Gasteiger partial charge on any atom is -0.357 e. The van der Waals surface area contributed by atoms with Crippen molar-refractivity contribution in [3.05, 3.63) is 95.1 Å². The van der Waals surface area contributed by atoms with Crippen LogP contribution in [0.4, 0.5) is 35.1 Å². The van der Waals surface area contributed by atoms with E-state index in [1.165, 1.54) is 0 Å². The molecule has 8 bridgehead atoms. The summed E-state index contributed by atoms with van der Waals surface area (Å²) in [5, 5.41) is -0.606. The van der Waals surface area contributed by atoms with Crippen molar-refractivity contribution in [2.24, 2.45) is 0 Å². The number of rotatable bonds is 0. The van der Waals surface area contributed by atoms with Crippen molar-refractivity contribution >= 4 is 44.1 Å². The van der Waals surface area contributed by atoms with E-state index in [1.807, 2.05) is 0 Å². The first kappa shape index (κ1) is 30.6. The number of nitrogens with zero attached hydrogens (tertiary/aromatic N) is 8. The molecule has 9 rings (SSSR count). The number of hydrogen-bond donors (Lipinski definition) is 0. The number of benzene rings is 4. The average molecular weight is 722 g/mol. The molecule has 0 atom stereocenters. The number of halogens is 8. The zero-order valence-electron chi connectivity index (χ0n) is 23.9. The van der Waals surface area contributed by atoms with Crippen LogP contribution in [0.3, 0.4) is 0 Å². The van der Waals surface area contributed by atoms with E-state index in [-0.39, 0.29) is 63.6 Å². The van der Waals surface area contributed by atoms with Gasteiger partial charge in [0.1, 0.15) is 23.3 Å². The molecule has 8 nitrogen and oxygen atoms in total. The van der Waals surface area contributed by atoms with Crippen molar-refractivity contribution in [2.75, 3.05) is 0 Å². The summed E-state index contributed by atoms with van der Waals surface area (Å²) in [5.74, 6) is -11.2. The van der Waals surface area contributed by atoms with E-state index in [4.69, 9.17) is 0 Å². The van der Waals surface area contributed by atoms with Crippen LogP contribution in [0.15, 0.2) is 48.5 Å². The molecule has 0 fully saturated rings. The van der Waals surface area contributed by atoms with Gasteiger partial charge < -0.3 is 29.9 Å². The molecular weight excluding hydrogens is 714 g/mol. The summed E-state index contributed by atoms with van der Waals surface area (Å²) in [6.07, 6.45) is 0. The van der Waals surface area contributed by atoms with Gasteiger partial charge in [0.2, 0.25) is 0 Å². The summed E-state index contributed by atoms with van der Waals surface area (Å²) >= 11 is 0. The first-order chi connectivity index (χ1) is 23.0. The molecule has 0 amide bonds. The summed E-state index contributed by atoms with van der Waals surface area (Å²) in [5.41, 5.74) is -3.42. The van der Waals surface area contributed by atoms with Crippen LogP contribution in [0.2, 0.25) is 0 Å². The Bertz CT molecular complexity index is 2430. The Labute approximate surface area is 278 Å². The SMILES string of the molecule is Fc1cc2c3nc4nc(nc5[n-]c(nc6nc(nc([n-]3)c2cc1F)-c1c(F)ccc(F)c1-6)c1cc(F)c(F)cc51)-c1c(F)ccc(F)c1-4.[Zn+2]. The van der Waals surface area contributed by atoms with Crippen molar-refractivity contribution in [3.8, 4) is 45.6 Å². The van der Waals surface area contributed by atoms with Gasteiger partial charge in [0, 0.05) is 22.6 Å². The van der Waals surface area contributed by atoms with E-state index >= 15 is 17.6 Å². The van der Waals surface area contributed by atoms with Crippen LogP contribution in [0.5, 0.6) is 0 Å². The third-order valence-electron chi connectivity index (χ3n) is 7.88. The fourth-order valence-electron chi connectivity index (χ4n) is 5.74. The normalized spacial score (nSPS) is 11.9. The van der Waals surface area contributed by atoms with Gasteiger partial charge in [-0.2, -0.15) is 0 Å². The van der Waals surface area contributed by atoms with Crippen molar-refractivity contribution in [1.82, 2.24) is 39.9 Å². The van der Waals surface area contributed by atoms with E-state index in [9.17, 15) is 17.6 Å². The minimum atomic E-state index is -1.31. The fraction of sp³-hybridized carbons (Fsp3) is 0. The Kier molecular flexibility index (Phi) is 6.66. The van der Waals surface area contributed by atoms with Crippen molar-refractivity contribution in [3.63, 3.8) is 0 Å². The maximum atomic E-state index is 15.3. The summed E-state index contributed by atoms with van der Waals surface area (Å²) < 4.78 is 119. The molecule has 5 heterocycles. The Balaban J connectivity index is 0.00000348. The van der Waals surface area contributed by atoms with Gasteiger partial charge in [0.05, 0.1) is 45.6 Å². The van der Waals surface area contributed by atoms with Gasteiger partial charge in [0.25, 0.3) is 0 Å². The molecule has 0 saturated carbocycles. The van der Waals surface area contributed by atoms with Gasteiger partial charge in [0.15, 0.2) is 23.3 Å². The molecule has 49 heavy (non-hydrogen) atoms. The predicted octanol–water partition coefficient (Wildman–Crippen LogP) is 7.24. The topological polar surface area (TPSA) is 106 Å². The molecule has 17 heteroatoms. The van der Waals surface area contributed by atoms with Gasteiger partial charge in [-0.15, -0.1) is 0 Å². The van der Waals surface area contributed by atoms with E-state index in [1.54, 1.807) is 0 Å². The zero-order chi connectivity index (χ0) is 33.2. The maximum absolute atomic E-state index is 15.3. The molecule has 7 aromatic rings. The van der Waals surface area contributed by atoms with Crippen LogP contribution in [0, 0.1) is 46.5 Å². The molecule has 0 saturated heterocycles. The second-order valence-electron chi connectivity index (χ2n) is 10.7. The molecule has 4 aromatic carbocycles. The molecule has 0 aliphatic carbocycles. The minimum absolute atomic E-state index is 0. The largest absolute Gasteiger partial charge is 2.00 e. The standard InChI is InChI=1S/C32H8F8N8.Zn/c33-13-1-2-14(34)22-21(13)29-43-25-9-5-17(37)18(38)6-10(9)27(41-25)45-31-23-15(35)3-4-16(36)24(23)32(48-31)46-28-12-8-20(40)19(39)7-11(12)26(42-28)44-30(22)47-29;/h1-8H;/q-2;+2. The molecule has 0 spiro atoms. The molecule has 2 aliphatic heterocycles. The average Bonchev–Trinajstić information content (AvgIpc) is 3.77. The number of aromatic nitrogens is 8. The Morgan fingerprint density at radius 3 is 0.776 bits per heavy atom. The van der Waals surface area contributed by atoms with Crippen LogP contribution in [-0.4, -0.2) is 29.9 Å². The molecule has 234 valence electrons. The van der Waals surface area contributed by atoms with E-state index < -0.39 is 92.1 Å². The summed E-state index contributed by atoms with van der Waals surface area (Å²) in [7, 11) is 0. The smallest absolute Gasteiger partial charge is 0.357 e. The van der Waals surface area contributed by atoms with Crippen molar-refractivity contribution in [1.29, 1.82) is 0 Å². The predicted molar refractivity (Wildman–Crippen MR) is 154 cm³/mol. The van der Waals surface area contributed by atoms with Gasteiger partial charge in [-0.3, -0.25) is 0 Å². The quantitative estimate of drug-likeness (QED) is 0.119. The van der Waals surface area contributed by atoms with Crippen LogP contribution >= 0.6 is 0 Å². The third-order valence-corrected chi connectivity index (χ3v) is 7.88. The van der Waals surface area contributed by atoms with E-state index in [0.717, 1.165) is 48.5 Å². The van der Waals surface area contributed by atoms with Crippen molar-refractivity contribution in [2.45, 2.75) is 0 Å². The van der Waals surface area contributed by atoms with Crippen LogP contribution < -0.4 is 9.97 Å². The number of hydrogen-bond acceptors (Lipinski definition) is 6. The van der Waals surface area contributed by atoms with Crippen molar-refractivity contribution < 1.29 is 54.6 Å². The Hall–Kier alpha value is -5.70. The van der Waals surface area contributed by atoms with Crippen LogP contribution in [-0.2, 0) is 19.5 Å². The van der Waals surface area contributed by atoms with E-state index in [2.05, 4.69) is 39.9 Å². The second kappa shape index (κ2) is 10.7. The zero-order valence-corrected chi connectivity index (χ0v) is 26.9. The summed E-state index contributed by atoms with van der Waals surface area (Å²) in [4.78, 5) is 33.8. The monoisotopic (exact) mass is 720 g/mol. The molecule has 0 radical (unpaired) electrons. The molecular formula is C32H8F8N8Zn. The first-order valence-corrected chi connectivity index (χ1v) is 13.7. The van der Waals surface area contributed by atoms with Crippen LogP contribution in [0.25, 0.3) is 89.7 Å². The van der Waals surface area contributed by atoms with Gasteiger partial charge >= 0.3 is 19.5 Å². The number of fused-ring (bicyclic) bond motifs is 20. The Morgan fingerprint density at radius 2 is 0.551 bits per heavy atom. The molecule has 0 N–H and O–H groups in total. The Morgan fingerprint density at radius 1 is 0.327 bits per heavy atom. The molecule has 2 aliphatic rings. The fourth-order valence-corrected chi connectivity index (χ4v) is 5.74. The van der Waals surface area contributed by atoms with E-state index in [0.29, 0.717) is 0 Å². The van der Waals surface area contributed by atoms with Gasteiger partial charge in [-0.05, 0) is 70.1 Å². The van der Waals surface area contributed by atoms with Gasteiger partial charge in [-0.1, -0.05) is 0 Å².